The number of benzene rings is 1. The molecule has 0 unspecified atom stereocenters. The third-order valence-electron chi connectivity index (χ3n) is 5.22. The fraction of sp³-hybridized carbons (Fsp3) is 0.450. The highest BCUT2D eigenvalue weighted by atomic mass is 35.5. The Kier molecular flexibility index (Phi) is 6.39. The first-order chi connectivity index (χ1) is 14.6. The van der Waals surface area contributed by atoms with Crippen molar-refractivity contribution < 1.29 is 14.3 Å². The highest BCUT2D eigenvalue weighted by Gasteiger charge is 2.23. The van der Waals surface area contributed by atoms with Gasteiger partial charge in [-0.2, -0.15) is 4.98 Å². The molecule has 2 aromatic rings. The summed E-state index contributed by atoms with van der Waals surface area (Å²) in [6.45, 7) is 5.60. The van der Waals surface area contributed by atoms with Gasteiger partial charge < -0.3 is 29.5 Å². The van der Waals surface area contributed by atoms with Crippen LogP contribution in [0.15, 0.2) is 30.5 Å². The lowest BCUT2D eigenvalue weighted by molar-refractivity contribution is 0.122. The van der Waals surface area contributed by atoms with Crippen molar-refractivity contribution in [1.82, 2.24) is 14.9 Å². The number of piperazine rings is 1. The maximum atomic E-state index is 12.6. The van der Waals surface area contributed by atoms with Gasteiger partial charge in [0.25, 0.3) is 0 Å². The summed E-state index contributed by atoms with van der Waals surface area (Å²) in [5.41, 5.74) is 0.638. The number of halogens is 1. The Morgan fingerprint density at radius 3 is 2.57 bits per heavy atom. The van der Waals surface area contributed by atoms with Gasteiger partial charge in [0.15, 0.2) is 0 Å². The van der Waals surface area contributed by atoms with Crippen LogP contribution >= 0.6 is 11.6 Å². The van der Waals surface area contributed by atoms with Crippen LogP contribution < -0.4 is 19.9 Å². The summed E-state index contributed by atoms with van der Waals surface area (Å²) in [5, 5.41) is 3.35. The Morgan fingerprint density at radius 2 is 1.87 bits per heavy atom. The predicted molar refractivity (Wildman–Crippen MR) is 116 cm³/mol. The van der Waals surface area contributed by atoms with Crippen LogP contribution in [0.1, 0.15) is 0 Å². The zero-order chi connectivity index (χ0) is 20.9. The van der Waals surface area contributed by atoms with Gasteiger partial charge in [-0.3, -0.25) is 0 Å². The number of hydrogen-bond acceptors (Lipinski definition) is 7. The summed E-state index contributed by atoms with van der Waals surface area (Å²) in [6.07, 6.45) is 1.79. The molecular weight excluding hydrogens is 408 g/mol. The Hall–Kier alpha value is -2.78. The summed E-state index contributed by atoms with van der Waals surface area (Å²) >= 11 is 6.14. The Morgan fingerprint density at radius 1 is 1.10 bits per heavy atom. The molecular formula is C20H25ClN6O3. The first-order valence-electron chi connectivity index (χ1n) is 9.94. The van der Waals surface area contributed by atoms with Crippen molar-refractivity contribution in [3.8, 4) is 5.75 Å². The molecule has 9 nitrogen and oxygen atoms in total. The maximum absolute atomic E-state index is 12.6. The molecule has 2 saturated heterocycles. The number of anilines is 3. The number of carbonyl (C=O) groups is 1. The van der Waals surface area contributed by atoms with Crippen molar-refractivity contribution in [2.24, 2.45) is 0 Å². The smallest absolute Gasteiger partial charge is 0.321 e. The fourth-order valence-corrected chi connectivity index (χ4v) is 3.77. The number of urea groups is 1. The second-order valence-electron chi connectivity index (χ2n) is 7.07. The van der Waals surface area contributed by atoms with Gasteiger partial charge in [0, 0.05) is 51.2 Å². The Balaban J connectivity index is 1.33. The van der Waals surface area contributed by atoms with Crippen LogP contribution in [0.2, 0.25) is 5.02 Å². The van der Waals surface area contributed by atoms with Crippen LogP contribution in [0.4, 0.5) is 22.2 Å². The first-order valence-corrected chi connectivity index (χ1v) is 10.3. The molecule has 2 amide bonds. The Labute approximate surface area is 180 Å². The molecule has 2 aliphatic heterocycles. The van der Waals surface area contributed by atoms with E-state index in [1.54, 1.807) is 36.4 Å². The molecule has 0 aliphatic carbocycles. The molecule has 30 heavy (non-hydrogen) atoms. The molecule has 1 aromatic carbocycles. The van der Waals surface area contributed by atoms with Crippen molar-refractivity contribution in [2.75, 3.05) is 74.7 Å². The second kappa shape index (κ2) is 9.36. The van der Waals surface area contributed by atoms with E-state index in [2.05, 4.69) is 20.1 Å². The number of morpholine rings is 1. The van der Waals surface area contributed by atoms with E-state index in [0.29, 0.717) is 55.9 Å². The van der Waals surface area contributed by atoms with E-state index in [0.717, 1.165) is 24.9 Å². The molecule has 3 heterocycles. The van der Waals surface area contributed by atoms with Gasteiger partial charge >= 0.3 is 6.03 Å². The molecule has 4 rings (SSSR count). The highest BCUT2D eigenvalue weighted by Crippen LogP contribution is 2.27. The van der Waals surface area contributed by atoms with Crippen molar-refractivity contribution in [1.29, 1.82) is 0 Å². The molecule has 2 aliphatic rings. The standard InChI is InChI=1S/C20H25ClN6O3/c1-29-17-3-2-15(14-16(17)21)23-20(28)27-8-6-25(7-9-27)18-4-5-22-19(24-18)26-10-12-30-13-11-26/h2-5,14H,6-13H2,1H3,(H,23,28). The third kappa shape index (κ3) is 4.68. The van der Waals surface area contributed by atoms with Gasteiger partial charge in [0.1, 0.15) is 11.6 Å². The minimum absolute atomic E-state index is 0.146. The summed E-state index contributed by atoms with van der Waals surface area (Å²) in [4.78, 5) is 27.9. The molecule has 0 radical (unpaired) electrons. The molecule has 0 saturated carbocycles. The molecule has 2 fully saturated rings. The monoisotopic (exact) mass is 432 g/mol. The number of amides is 2. The lowest BCUT2D eigenvalue weighted by atomic mass is 10.3. The first kappa shape index (κ1) is 20.5. The van der Waals surface area contributed by atoms with E-state index in [1.807, 2.05) is 6.07 Å². The van der Waals surface area contributed by atoms with E-state index >= 15 is 0 Å². The van der Waals surface area contributed by atoms with Gasteiger partial charge in [-0.25, -0.2) is 9.78 Å². The van der Waals surface area contributed by atoms with Crippen LogP contribution in [-0.4, -0.2) is 80.5 Å². The normalized spacial score (nSPS) is 17.1. The number of nitrogens with one attached hydrogen (secondary N) is 1. The minimum Gasteiger partial charge on any atom is -0.495 e. The molecule has 0 bridgehead atoms. The number of hydrogen-bond donors (Lipinski definition) is 1. The molecule has 10 heteroatoms. The van der Waals surface area contributed by atoms with Crippen LogP contribution in [0.25, 0.3) is 0 Å². The number of aromatic nitrogens is 2. The highest BCUT2D eigenvalue weighted by molar-refractivity contribution is 6.32. The van der Waals surface area contributed by atoms with Gasteiger partial charge in [0.2, 0.25) is 5.95 Å². The van der Waals surface area contributed by atoms with Crippen LogP contribution in [0.5, 0.6) is 5.75 Å². The van der Waals surface area contributed by atoms with Crippen LogP contribution in [-0.2, 0) is 4.74 Å². The number of methoxy groups -OCH3 is 1. The number of carbonyl (C=O) groups excluding carboxylic acids is 1. The molecule has 1 aromatic heterocycles. The average molecular weight is 433 g/mol. The van der Waals surface area contributed by atoms with Gasteiger partial charge in [-0.1, -0.05) is 11.6 Å². The Bertz CT molecular complexity index is 885. The molecule has 1 N–H and O–H groups in total. The van der Waals surface area contributed by atoms with Crippen molar-refractivity contribution >= 4 is 35.1 Å². The minimum atomic E-state index is -0.146. The van der Waals surface area contributed by atoms with Crippen molar-refractivity contribution in [3.05, 3.63) is 35.5 Å². The number of nitrogens with zero attached hydrogens (tertiary/aromatic N) is 5. The maximum Gasteiger partial charge on any atom is 0.321 e. The van der Waals surface area contributed by atoms with Gasteiger partial charge in [-0.05, 0) is 24.3 Å². The zero-order valence-corrected chi connectivity index (χ0v) is 17.6. The van der Waals surface area contributed by atoms with Crippen molar-refractivity contribution in [3.63, 3.8) is 0 Å². The number of ether oxygens (including phenoxy) is 2. The average Bonchev–Trinajstić information content (AvgIpc) is 2.80. The number of rotatable bonds is 4. The lowest BCUT2D eigenvalue weighted by Gasteiger charge is -2.35. The summed E-state index contributed by atoms with van der Waals surface area (Å²) < 4.78 is 10.5. The van der Waals surface area contributed by atoms with Crippen LogP contribution in [0.3, 0.4) is 0 Å². The SMILES string of the molecule is COc1ccc(NC(=O)N2CCN(c3ccnc(N4CCOCC4)n3)CC2)cc1Cl. The predicted octanol–water partition coefficient (Wildman–Crippen LogP) is 2.33. The zero-order valence-electron chi connectivity index (χ0n) is 16.9. The van der Waals surface area contributed by atoms with Crippen LogP contribution in [0, 0.1) is 0 Å². The molecule has 0 spiro atoms. The quantitative estimate of drug-likeness (QED) is 0.793. The largest absolute Gasteiger partial charge is 0.495 e. The summed E-state index contributed by atoms with van der Waals surface area (Å²) in [7, 11) is 1.56. The van der Waals surface area contributed by atoms with E-state index < -0.39 is 0 Å². The van der Waals surface area contributed by atoms with E-state index in [4.69, 9.17) is 26.1 Å². The summed E-state index contributed by atoms with van der Waals surface area (Å²) in [5.74, 6) is 2.19. The third-order valence-corrected chi connectivity index (χ3v) is 5.51. The van der Waals surface area contributed by atoms with E-state index in [1.165, 1.54) is 0 Å². The van der Waals surface area contributed by atoms with E-state index in [9.17, 15) is 4.79 Å². The second-order valence-corrected chi connectivity index (χ2v) is 7.48. The topological polar surface area (TPSA) is 83.1 Å². The summed E-state index contributed by atoms with van der Waals surface area (Å²) in [6, 6.07) is 6.96. The van der Waals surface area contributed by atoms with Gasteiger partial charge in [-0.15, -0.1) is 0 Å². The van der Waals surface area contributed by atoms with Gasteiger partial charge in [0.05, 0.1) is 25.3 Å². The molecule has 160 valence electrons. The molecule has 0 atom stereocenters. The fourth-order valence-electron chi connectivity index (χ4n) is 3.52. The lowest BCUT2D eigenvalue weighted by Crippen LogP contribution is -2.50. The van der Waals surface area contributed by atoms with E-state index in [-0.39, 0.29) is 6.03 Å². The van der Waals surface area contributed by atoms with Crippen molar-refractivity contribution in [2.45, 2.75) is 0 Å².